The molecule has 1 N–H and O–H groups in total. The van der Waals surface area contributed by atoms with Gasteiger partial charge >= 0.3 is 0 Å². The molecular formula is C21H29N3OS. The number of piperazine rings is 1. The monoisotopic (exact) mass is 371 g/mol. The van der Waals surface area contributed by atoms with Crippen molar-refractivity contribution < 1.29 is 4.79 Å². The number of rotatable bonds is 6. The Bertz CT molecular complexity index is 679. The molecule has 5 heteroatoms. The normalized spacial score (nSPS) is 17.9. The van der Waals surface area contributed by atoms with Gasteiger partial charge in [0.25, 0.3) is 0 Å². The summed E-state index contributed by atoms with van der Waals surface area (Å²) in [7, 11) is 0. The van der Waals surface area contributed by atoms with Crippen molar-refractivity contribution >= 4 is 22.9 Å². The van der Waals surface area contributed by atoms with Crippen LogP contribution in [0.5, 0.6) is 0 Å². The summed E-state index contributed by atoms with van der Waals surface area (Å²) in [5.41, 5.74) is 1.29. The van der Waals surface area contributed by atoms with Gasteiger partial charge in [-0.25, -0.2) is 0 Å². The average Bonchev–Trinajstić information content (AvgIpc) is 3.17. The van der Waals surface area contributed by atoms with Crippen LogP contribution in [-0.2, 0) is 4.79 Å². The molecule has 1 aromatic heterocycles. The van der Waals surface area contributed by atoms with E-state index < -0.39 is 0 Å². The van der Waals surface area contributed by atoms with Crippen molar-refractivity contribution in [1.82, 2.24) is 10.2 Å². The Morgan fingerprint density at radius 3 is 2.27 bits per heavy atom. The molecule has 1 aromatic carbocycles. The van der Waals surface area contributed by atoms with Crippen LogP contribution in [0.2, 0.25) is 0 Å². The quantitative estimate of drug-likeness (QED) is 0.839. The number of benzene rings is 1. The summed E-state index contributed by atoms with van der Waals surface area (Å²) in [6, 6.07) is 15.2. The number of carbonyl (C=O) groups is 1. The van der Waals surface area contributed by atoms with Gasteiger partial charge in [0, 0.05) is 48.7 Å². The highest BCUT2D eigenvalue weighted by Gasteiger charge is 2.31. The van der Waals surface area contributed by atoms with Gasteiger partial charge in [-0.15, -0.1) is 11.3 Å². The molecule has 26 heavy (non-hydrogen) atoms. The Morgan fingerprint density at radius 2 is 1.69 bits per heavy atom. The molecule has 0 bridgehead atoms. The standard InChI is InChI=1S/C21H29N3OS/c1-16(2)21(25)22-17(3)20(19-10-7-15-26-19)24-13-11-23(12-14-24)18-8-5-4-6-9-18/h4-10,15-17,20H,11-14H2,1-3H3,(H,22,25)/t17-,20+/m1/s1. The van der Waals surface area contributed by atoms with Gasteiger partial charge in [0.15, 0.2) is 0 Å². The zero-order valence-electron chi connectivity index (χ0n) is 15.9. The highest BCUT2D eigenvalue weighted by Crippen LogP contribution is 2.30. The molecule has 0 spiro atoms. The molecule has 1 aliphatic rings. The predicted octanol–water partition coefficient (Wildman–Crippen LogP) is 3.77. The molecule has 1 aliphatic heterocycles. The van der Waals surface area contributed by atoms with Crippen LogP contribution in [0.15, 0.2) is 47.8 Å². The number of thiophene rings is 1. The zero-order valence-corrected chi connectivity index (χ0v) is 16.7. The lowest BCUT2D eigenvalue weighted by molar-refractivity contribution is -0.125. The van der Waals surface area contributed by atoms with Crippen molar-refractivity contribution in [2.75, 3.05) is 31.1 Å². The number of hydrogen-bond acceptors (Lipinski definition) is 4. The third kappa shape index (κ3) is 4.46. The third-order valence-electron chi connectivity index (χ3n) is 5.03. The first-order chi connectivity index (χ1) is 12.6. The van der Waals surface area contributed by atoms with Gasteiger partial charge in [-0.3, -0.25) is 9.69 Å². The Labute approximate surface area is 160 Å². The lowest BCUT2D eigenvalue weighted by Crippen LogP contribution is -2.52. The summed E-state index contributed by atoms with van der Waals surface area (Å²) >= 11 is 1.78. The summed E-state index contributed by atoms with van der Waals surface area (Å²) in [6.07, 6.45) is 0. The number of para-hydroxylation sites is 1. The molecule has 0 unspecified atom stereocenters. The highest BCUT2D eigenvalue weighted by molar-refractivity contribution is 7.10. The van der Waals surface area contributed by atoms with Crippen LogP contribution in [0.1, 0.15) is 31.7 Å². The maximum atomic E-state index is 12.2. The van der Waals surface area contributed by atoms with Crippen LogP contribution >= 0.6 is 11.3 Å². The molecule has 0 aliphatic carbocycles. The van der Waals surface area contributed by atoms with Crippen LogP contribution in [-0.4, -0.2) is 43.0 Å². The highest BCUT2D eigenvalue weighted by atomic mass is 32.1. The zero-order chi connectivity index (χ0) is 18.5. The summed E-state index contributed by atoms with van der Waals surface area (Å²) in [5.74, 6) is 0.137. The van der Waals surface area contributed by atoms with Gasteiger partial charge < -0.3 is 10.2 Å². The minimum atomic E-state index is 0.0105. The Hall–Kier alpha value is -1.85. The molecule has 2 atom stereocenters. The van der Waals surface area contributed by atoms with E-state index in [1.54, 1.807) is 11.3 Å². The second-order valence-corrected chi connectivity index (χ2v) is 8.25. The van der Waals surface area contributed by atoms with Crippen molar-refractivity contribution in [1.29, 1.82) is 0 Å². The smallest absolute Gasteiger partial charge is 0.222 e. The van der Waals surface area contributed by atoms with Crippen LogP contribution in [0.3, 0.4) is 0 Å². The number of nitrogens with zero attached hydrogens (tertiary/aromatic N) is 2. The molecule has 2 aromatic rings. The molecule has 0 radical (unpaired) electrons. The number of carbonyl (C=O) groups excluding carboxylic acids is 1. The van der Waals surface area contributed by atoms with Crippen molar-refractivity contribution in [2.45, 2.75) is 32.9 Å². The average molecular weight is 372 g/mol. The minimum Gasteiger partial charge on any atom is -0.369 e. The molecule has 3 rings (SSSR count). The predicted molar refractivity (Wildman–Crippen MR) is 110 cm³/mol. The summed E-state index contributed by atoms with van der Waals surface area (Å²) in [6.45, 7) is 10.0. The fourth-order valence-electron chi connectivity index (χ4n) is 3.57. The van der Waals surface area contributed by atoms with Gasteiger partial charge in [-0.2, -0.15) is 0 Å². The number of anilines is 1. The van der Waals surface area contributed by atoms with Gasteiger partial charge in [0.2, 0.25) is 5.91 Å². The lowest BCUT2D eigenvalue weighted by Gasteiger charge is -2.42. The van der Waals surface area contributed by atoms with Crippen molar-refractivity contribution in [3.8, 4) is 0 Å². The fourth-order valence-corrected chi connectivity index (χ4v) is 4.53. The largest absolute Gasteiger partial charge is 0.369 e. The van der Waals surface area contributed by atoms with Crippen molar-refractivity contribution in [2.24, 2.45) is 5.92 Å². The second-order valence-electron chi connectivity index (χ2n) is 7.27. The van der Waals surface area contributed by atoms with E-state index in [9.17, 15) is 4.79 Å². The number of nitrogens with one attached hydrogen (secondary N) is 1. The molecule has 1 amide bonds. The second kappa shape index (κ2) is 8.69. The molecule has 140 valence electrons. The van der Waals surface area contributed by atoms with E-state index in [4.69, 9.17) is 0 Å². The molecule has 2 heterocycles. The van der Waals surface area contributed by atoms with E-state index in [-0.39, 0.29) is 23.9 Å². The number of amides is 1. The van der Waals surface area contributed by atoms with Crippen molar-refractivity contribution in [3.05, 3.63) is 52.7 Å². The van der Waals surface area contributed by atoms with Crippen molar-refractivity contribution in [3.63, 3.8) is 0 Å². The Morgan fingerprint density at radius 1 is 1.00 bits per heavy atom. The Balaban J connectivity index is 1.69. The maximum absolute atomic E-state index is 12.2. The topological polar surface area (TPSA) is 35.6 Å². The van der Waals surface area contributed by atoms with Crippen LogP contribution in [0.4, 0.5) is 5.69 Å². The first-order valence-corrected chi connectivity index (χ1v) is 10.3. The van der Waals surface area contributed by atoms with Gasteiger partial charge in [-0.1, -0.05) is 38.1 Å². The molecule has 4 nitrogen and oxygen atoms in total. The van der Waals surface area contributed by atoms with Gasteiger partial charge in [0.05, 0.1) is 6.04 Å². The molecular weight excluding hydrogens is 342 g/mol. The van der Waals surface area contributed by atoms with Crippen LogP contribution in [0, 0.1) is 5.92 Å². The SMILES string of the molecule is CC(C)C(=O)N[C@H](C)[C@@H](c1cccs1)N1CCN(c2ccccc2)CC1. The third-order valence-corrected chi connectivity index (χ3v) is 5.97. The molecule has 0 saturated carbocycles. The van der Waals surface area contributed by atoms with E-state index in [1.165, 1.54) is 10.6 Å². The van der Waals surface area contributed by atoms with Crippen LogP contribution in [0.25, 0.3) is 0 Å². The number of hydrogen-bond donors (Lipinski definition) is 1. The Kier molecular flexibility index (Phi) is 6.33. The minimum absolute atomic E-state index is 0.0105. The summed E-state index contributed by atoms with van der Waals surface area (Å²) in [5, 5.41) is 5.34. The van der Waals surface area contributed by atoms with E-state index in [1.807, 2.05) is 13.8 Å². The van der Waals surface area contributed by atoms with Gasteiger partial charge in [-0.05, 0) is 30.5 Å². The molecule has 1 fully saturated rings. The van der Waals surface area contributed by atoms with E-state index in [2.05, 4.69) is 69.9 Å². The maximum Gasteiger partial charge on any atom is 0.222 e. The van der Waals surface area contributed by atoms with E-state index >= 15 is 0 Å². The first kappa shape index (κ1) is 18.9. The summed E-state index contributed by atoms with van der Waals surface area (Å²) < 4.78 is 0. The van der Waals surface area contributed by atoms with E-state index in [0.29, 0.717) is 0 Å². The lowest BCUT2D eigenvalue weighted by atomic mass is 10.0. The first-order valence-electron chi connectivity index (χ1n) is 9.44. The van der Waals surface area contributed by atoms with E-state index in [0.717, 1.165) is 26.2 Å². The summed E-state index contributed by atoms with van der Waals surface area (Å²) in [4.78, 5) is 18.5. The molecule has 1 saturated heterocycles. The van der Waals surface area contributed by atoms with Crippen LogP contribution < -0.4 is 10.2 Å². The van der Waals surface area contributed by atoms with Gasteiger partial charge in [0.1, 0.15) is 0 Å². The fraction of sp³-hybridized carbons (Fsp3) is 0.476.